The fraction of sp³-hybridized carbons (Fsp3) is 0.667. The highest BCUT2D eigenvalue weighted by atomic mass is 127. The van der Waals surface area contributed by atoms with Crippen molar-refractivity contribution < 1.29 is 14.3 Å². The number of esters is 1. The first-order chi connectivity index (χ1) is 15.1. The second kappa shape index (κ2) is 14.0. The topological polar surface area (TPSA) is 66.4 Å². The molecule has 0 spiro atoms. The number of likely N-dealkylation sites (tertiary alicyclic amines) is 1. The van der Waals surface area contributed by atoms with E-state index >= 15 is 0 Å². The van der Waals surface area contributed by atoms with E-state index in [0.717, 1.165) is 58.1 Å². The van der Waals surface area contributed by atoms with Gasteiger partial charge >= 0.3 is 5.97 Å². The Morgan fingerprint density at radius 2 is 2.06 bits per heavy atom. The van der Waals surface area contributed by atoms with Crippen LogP contribution >= 0.6 is 24.0 Å². The van der Waals surface area contributed by atoms with E-state index < -0.39 is 0 Å². The van der Waals surface area contributed by atoms with Crippen LogP contribution in [0, 0.1) is 5.92 Å². The molecule has 32 heavy (non-hydrogen) atoms. The number of nitrogens with one attached hydrogen (secondary N) is 1. The molecule has 8 heteroatoms. The van der Waals surface area contributed by atoms with Gasteiger partial charge in [0.2, 0.25) is 0 Å². The van der Waals surface area contributed by atoms with Gasteiger partial charge in [0.25, 0.3) is 0 Å². The molecule has 0 radical (unpaired) electrons. The van der Waals surface area contributed by atoms with Gasteiger partial charge in [0.05, 0.1) is 31.8 Å². The molecule has 2 unspecified atom stereocenters. The molecular formula is C24H39IN4O3. The lowest BCUT2D eigenvalue weighted by molar-refractivity contribution is -0.149. The molecule has 180 valence electrons. The second-order valence-electron chi connectivity index (χ2n) is 8.44. The summed E-state index contributed by atoms with van der Waals surface area (Å²) in [6.07, 6.45) is 2.16. The zero-order valence-corrected chi connectivity index (χ0v) is 22.0. The van der Waals surface area contributed by atoms with Gasteiger partial charge < -0.3 is 19.7 Å². The van der Waals surface area contributed by atoms with Crippen molar-refractivity contribution in [2.45, 2.75) is 52.8 Å². The van der Waals surface area contributed by atoms with Gasteiger partial charge in [0, 0.05) is 39.3 Å². The fourth-order valence-corrected chi connectivity index (χ4v) is 4.33. The predicted molar refractivity (Wildman–Crippen MR) is 138 cm³/mol. The Bertz CT molecular complexity index is 746. The number of hydrogen-bond donors (Lipinski definition) is 1. The van der Waals surface area contributed by atoms with Gasteiger partial charge in [-0.15, -0.1) is 24.0 Å². The van der Waals surface area contributed by atoms with E-state index in [-0.39, 0.29) is 35.9 Å². The number of guanidine groups is 1. The molecule has 2 fully saturated rings. The third kappa shape index (κ3) is 8.19. The smallest absolute Gasteiger partial charge is 0.310 e. The summed E-state index contributed by atoms with van der Waals surface area (Å²) in [4.78, 5) is 21.7. The van der Waals surface area contributed by atoms with Crippen LogP contribution in [-0.4, -0.2) is 73.8 Å². The summed E-state index contributed by atoms with van der Waals surface area (Å²) in [5, 5.41) is 3.40. The van der Waals surface area contributed by atoms with Crippen molar-refractivity contribution in [2.24, 2.45) is 10.9 Å². The Balaban J connectivity index is 0.00000363. The molecule has 0 bridgehead atoms. The number of carbonyl (C=O) groups is 1. The van der Waals surface area contributed by atoms with Crippen LogP contribution in [0.1, 0.15) is 44.7 Å². The van der Waals surface area contributed by atoms with Crippen molar-refractivity contribution in [3.8, 4) is 0 Å². The van der Waals surface area contributed by atoms with Gasteiger partial charge in [-0.3, -0.25) is 9.69 Å². The van der Waals surface area contributed by atoms with Gasteiger partial charge in [-0.25, -0.2) is 4.99 Å². The number of hydrogen-bond acceptors (Lipinski definition) is 5. The molecule has 1 N–H and O–H groups in total. The van der Waals surface area contributed by atoms with Crippen molar-refractivity contribution in [3.05, 3.63) is 35.4 Å². The number of benzene rings is 1. The third-order valence-corrected chi connectivity index (χ3v) is 5.81. The summed E-state index contributed by atoms with van der Waals surface area (Å²) < 4.78 is 10.9. The van der Waals surface area contributed by atoms with Gasteiger partial charge in [0.1, 0.15) is 0 Å². The van der Waals surface area contributed by atoms with Crippen LogP contribution in [0.15, 0.2) is 29.3 Å². The van der Waals surface area contributed by atoms with Gasteiger partial charge in [-0.2, -0.15) is 0 Å². The Hall–Kier alpha value is -1.39. The molecule has 0 aliphatic carbocycles. The van der Waals surface area contributed by atoms with Crippen molar-refractivity contribution in [1.29, 1.82) is 0 Å². The summed E-state index contributed by atoms with van der Waals surface area (Å²) in [7, 11) is 0. The summed E-state index contributed by atoms with van der Waals surface area (Å²) in [5.41, 5.74) is 2.51. The van der Waals surface area contributed by atoms with E-state index in [0.29, 0.717) is 25.8 Å². The Labute approximate surface area is 209 Å². The minimum Gasteiger partial charge on any atom is -0.466 e. The molecule has 0 saturated carbocycles. The number of halogens is 1. The average molecular weight is 559 g/mol. The predicted octanol–water partition coefficient (Wildman–Crippen LogP) is 3.27. The molecular weight excluding hydrogens is 519 g/mol. The number of rotatable bonds is 7. The molecule has 2 atom stereocenters. The molecule has 2 aliphatic heterocycles. The first-order valence-corrected chi connectivity index (χ1v) is 11.7. The molecule has 3 rings (SSSR count). The number of carbonyl (C=O) groups excluding carboxylic acids is 1. The maximum atomic E-state index is 12.2. The molecule has 0 aromatic heterocycles. The number of piperidine rings is 1. The molecule has 0 amide bonds. The standard InChI is InChI=1S/C24H38N4O3.HI/c1-4-25-24(28-11-7-10-22(18-28)23(29)30-5-2)26-15-20-8-6-9-21(14-20)17-27-12-13-31-19(3)16-27;/h6,8-9,14,19,22H,4-5,7,10-13,15-18H2,1-3H3,(H,25,26);1H. The van der Waals surface area contributed by atoms with E-state index in [2.05, 4.69) is 53.2 Å². The maximum Gasteiger partial charge on any atom is 0.310 e. The highest BCUT2D eigenvalue weighted by molar-refractivity contribution is 14.0. The number of aliphatic imine (C=N–C) groups is 1. The quantitative estimate of drug-likeness (QED) is 0.240. The third-order valence-electron chi connectivity index (χ3n) is 5.81. The van der Waals surface area contributed by atoms with Crippen LogP contribution in [0.4, 0.5) is 0 Å². The molecule has 2 heterocycles. The second-order valence-corrected chi connectivity index (χ2v) is 8.44. The Morgan fingerprint density at radius 3 is 2.81 bits per heavy atom. The van der Waals surface area contributed by atoms with E-state index in [4.69, 9.17) is 14.5 Å². The first-order valence-electron chi connectivity index (χ1n) is 11.7. The number of ether oxygens (including phenoxy) is 2. The highest BCUT2D eigenvalue weighted by Crippen LogP contribution is 2.19. The lowest BCUT2D eigenvalue weighted by atomic mass is 9.98. The van der Waals surface area contributed by atoms with Gasteiger partial charge in [-0.1, -0.05) is 24.3 Å². The minimum atomic E-state index is -0.0896. The molecule has 2 aliphatic rings. The van der Waals surface area contributed by atoms with Crippen LogP contribution in [0.5, 0.6) is 0 Å². The summed E-state index contributed by atoms with van der Waals surface area (Å²) in [6, 6.07) is 8.70. The van der Waals surface area contributed by atoms with Crippen molar-refractivity contribution >= 4 is 35.9 Å². The highest BCUT2D eigenvalue weighted by Gasteiger charge is 2.28. The fourth-order valence-electron chi connectivity index (χ4n) is 4.33. The zero-order valence-electron chi connectivity index (χ0n) is 19.7. The first kappa shape index (κ1) is 26.9. The Kier molecular flexibility index (Phi) is 11.7. The number of morpholine rings is 1. The van der Waals surface area contributed by atoms with E-state index in [9.17, 15) is 4.79 Å². The number of nitrogens with zero attached hydrogens (tertiary/aromatic N) is 3. The van der Waals surface area contributed by atoms with Crippen LogP contribution < -0.4 is 5.32 Å². The van der Waals surface area contributed by atoms with Crippen molar-refractivity contribution in [1.82, 2.24) is 15.1 Å². The largest absolute Gasteiger partial charge is 0.466 e. The zero-order chi connectivity index (χ0) is 22.1. The summed E-state index contributed by atoms with van der Waals surface area (Å²) >= 11 is 0. The van der Waals surface area contributed by atoms with Crippen molar-refractivity contribution in [2.75, 3.05) is 45.9 Å². The Morgan fingerprint density at radius 1 is 1.25 bits per heavy atom. The summed E-state index contributed by atoms with van der Waals surface area (Å²) in [5.74, 6) is 0.717. The summed E-state index contributed by atoms with van der Waals surface area (Å²) in [6.45, 7) is 13.2. The monoisotopic (exact) mass is 558 g/mol. The lowest BCUT2D eigenvalue weighted by Gasteiger charge is -2.34. The van der Waals surface area contributed by atoms with E-state index in [1.807, 2.05) is 6.92 Å². The van der Waals surface area contributed by atoms with Gasteiger partial charge in [0.15, 0.2) is 5.96 Å². The molecule has 2 saturated heterocycles. The van der Waals surface area contributed by atoms with Crippen molar-refractivity contribution in [3.63, 3.8) is 0 Å². The van der Waals surface area contributed by atoms with Gasteiger partial charge in [-0.05, 0) is 44.7 Å². The normalized spacial score (nSPS) is 22.2. The lowest BCUT2D eigenvalue weighted by Crippen LogP contribution is -2.48. The van der Waals surface area contributed by atoms with Crippen LogP contribution in [0.2, 0.25) is 0 Å². The van der Waals surface area contributed by atoms with E-state index in [1.54, 1.807) is 0 Å². The molecule has 1 aromatic carbocycles. The van der Waals surface area contributed by atoms with Crippen LogP contribution in [0.3, 0.4) is 0 Å². The SMILES string of the molecule is CCNC(=NCc1cccc(CN2CCOC(C)C2)c1)N1CCCC(C(=O)OCC)C1.I. The minimum absolute atomic E-state index is 0. The van der Waals surface area contributed by atoms with Crippen LogP contribution in [-0.2, 0) is 27.4 Å². The molecule has 7 nitrogen and oxygen atoms in total. The average Bonchev–Trinajstić information content (AvgIpc) is 2.77. The maximum absolute atomic E-state index is 12.2. The van der Waals surface area contributed by atoms with Crippen LogP contribution in [0.25, 0.3) is 0 Å². The van der Waals surface area contributed by atoms with E-state index in [1.165, 1.54) is 11.1 Å². The molecule has 1 aromatic rings.